The number of nitrogens with one attached hydrogen (secondary N) is 1. The summed E-state index contributed by atoms with van der Waals surface area (Å²) in [5, 5.41) is 2.89. The molecule has 0 aromatic heterocycles. The topological polar surface area (TPSA) is 88.2 Å². The fourth-order valence-electron chi connectivity index (χ4n) is 4.14. The summed E-state index contributed by atoms with van der Waals surface area (Å²) in [5.74, 6) is 0.243. The molecular weight excluding hydrogens is 442 g/mol. The minimum Gasteiger partial charge on any atom is -0.489 e. The molecule has 1 saturated heterocycles. The van der Waals surface area contributed by atoms with Gasteiger partial charge in [0.1, 0.15) is 5.75 Å². The van der Waals surface area contributed by atoms with E-state index in [9.17, 15) is 13.2 Å². The molecule has 33 heavy (non-hydrogen) atoms. The summed E-state index contributed by atoms with van der Waals surface area (Å²) in [4.78, 5) is 15.1. The number of carbonyl (C=O) groups excluding carboxylic acids is 1. The molecule has 2 aromatic carbocycles. The maximum Gasteiger partial charge on any atom is 0.243 e. The third-order valence-electron chi connectivity index (χ3n) is 5.77. The van der Waals surface area contributed by atoms with E-state index in [0.717, 1.165) is 13.0 Å². The zero-order valence-electron chi connectivity index (χ0n) is 19.1. The second kappa shape index (κ2) is 10.2. The fraction of sp³-hybridized carbons (Fsp3) is 0.458. The molecule has 0 unspecified atom stereocenters. The van der Waals surface area contributed by atoms with Crippen LogP contribution in [0.25, 0.3) is 0 Å². The van der Waals surface area contributed by atoms with Crippen LogP contribution in [-0.2, 0) is 32.5 Å². The summed E-state index contributed by atoms with van der Waals surface area (Å²) in [6, 6.07) is 12.9. The highest BCUT2D eigenvalue weighted by Crippen LogP contribution is 2.30. The first kappa shape index (κ1) is 23.7. The van der Waals surface area contributed by atoms with Crippen molar-refractivity contribution in [1.29, 1.82) is 0 Å². The predicted molar refractivity (Wildman–Crippen MR) is 126 cm³/mol. The third kappa shape index (κ3) is 5.73. The van der Waals surface area contributed by atoms with Crippen LogP contribution in [0.4, 0.5) is 5.69 Å². The van der Waals surface area contributed by atoms with E-state index in [2.05, 4.69) is 22.3 Å². The molecule has 1 N–H and O–H groups in total. The number of ether oxygens (including phenoxy) is 2. The maximum absolute atomic E-state index is 13.1. The van der Waals surface area contributed by atoms with Crippen molar-refractivity contribution in [3.8, 4) is 5.75 Å². The minimum absolute atomic E-state index is 0.124. The van der Waals surface area contributed by atoms with E-state index in [1.807, 2.05) is 26.0 Å². The van der Waals surface area contributed by atoms with Gasteiger partial charge in [0.15, 0.2) is 0 Å². The first-order valence-corrected chi connectivity index (χ1v) is 12.7. The molecule has 178 valence electrons. The second-order valence-electron chi connectivity index (χ2n) is 8.62. The van der Waals surface area contributed by atoms with Crippen LogP contribution in [-0.4, -0.2) is 69.0 Å². The summed E-state index contributed by atoms with van der Waals surface area (Å²) in [6.07, 6.45) is 0.777. The van der Waals surface area contributed by atoms with Crippen molar-refractivity contribution in [2.75, 3.05) is 44.7 Å². The summed E-state index contributed by atoms with van der Waals surface area (Å²) in [6.45, 7) is 6.86. The average Bonchev–Trinajstić information content (AvgIpc) is 2.80. The van der Waals surface area contributed by atoms with Crippen LogP contribution in [0.1, 0.15) is 25.0 Å². The van der Waals surface area contributed by atoms with Gasteiger partial charge >= 0.3 is 0 Å². The molecule has 0 spiro atoms. The molecule has 0 bridgehead atoms. The van der Waals surface area contributed by atoms with E-state index in [1.165, 1.54) is 27.6 Å². The molecule has 2 aromatic rings. The molecule has 0 atom stereocenters. The van der Waals surface area contributed by atoms with Crippen LogP contribution < -0.4 is 10.1 Å². The molecule has 1 fully saturated rings. The van der Waals surface area contributed by atoms with E-state index < -0.39 is 10.0 Å². The molecule has 2 heterocycles. The number of nitrogens with zero attached hydrogens (tertiary/aromatic N) is 2. The summed E-state index contributed by atoms with van der Waals surface area (Å²) < 4.78 is 38.7. The van der Waals surface area contributed by atoms with E-state index >= 15 is 0 Å². The van der Waals surface area contributed by atoms with Crippen molar-refractivity contribution in [3.05, 3.63) is 53.6 Å². The normalized spacial score (nSPS) is 17.5. The van der Waals surface area contributed by atoms with Gasteiger partial charge < -0.3 is 14.8 Å². The Kier molecular flexibility index (Phi) is 7.33. The van der Waals surface area contributed by atoms with Crippen LogP contribution in [0.15, 0.2) is 47.4 Å². The largest absolute Gasteiger partial charge is 0.489 e. The second-order valence-corrected chi connectivity index (χ2v) is 10.6. The Bertz CT molecular complexity index is 1100. The predicted octanol–water partition coefficient (Wildman–Crippen LogP) is 2.49. The van der Waals surface area contributed by atoms with Crippen LogP contribution in [0.2, 0.25) is 0 Å². The van der Waals surface area contributed by atoms with Gasteiger partial charge in [0.25, 0.3) is 0 Å². The van der Waals surface area contributed by atoms with Gasteiger partial charge in [0.05, 0.1) is 36.4 Å². The number of amides is 1. The summed E-state index contributed by atoms with van der Waals surface area (Å²) in [5.41, 5.74) is 2.92. The molecule has 2 aliphatic heterocycles. The number of benzene rings is 2. The quantitative estimate of drug-likeness (QED) is 0.665. The average molecular weight is 474 g/mol. The van der Waals surface area contributed by atoms with Gasteiger partial charge in [-0.3, -0.25) is 9.69 Å². The lowest BCUT2D eigenvalue weighted by atomic mass is 10.00. The van der Waals surface area contributed by atoms with Crippen LogP contribution in [0.5, 0.6) is 5.75 Å². The maximum atomic E-state index is 13.1. The Labute approximate surface area is 195 Å². The van der Waals surface area contributed by atoms with Gasteiger partial charge in [0.2, 0.25) is 15.9 Å². The summed E-state index contributed by atoms with van der Waals surface area (Å²) in [7, 11) is -3.69. The van der Waals surface area contributed by atoms with Crippen molar-refractivity contribution < 1.29 is 22.7 Å². The zero-order valence-corrected chi connectivity index (χ0v) is 19.9. The lowest BCUT2D eigenvalue weighted by Gasteiger charge is -2.28. The fourth-order valence-corrected chi connectivity index (χ4v) is 5.58. The number of sulfonamides is 1. The number of hydrogen-bond acceptors (Lipinski definition) is 6. The number of morpholine rings is 1. The van der Waals surface area contributed by atoms with Gasteiger partial charge in [-0.15, -0.1) is 0 Å². The van der Waals surface area contributed by atoms with Crippen molar-refractivity contribution >= 4 is 21.6 Å². The minimum atomic E-state index is -3.69. The Hall–Kier alpha value is -2.46. The molecule has 0 saturated carbocycles. The van der Waals surface area contributed by atoms with Crippen LogP contribution in [0.3, 0.4) is 0 Å². The molecule has 2 aliphatic rings. The number of anilines is 1. The van der Waals surface area contributed by atoms with Gasteiger partial charge in [-0.1, -0.05) is 24.3 Å². The molecule has 4 rings (SSSR count). The molecule has 0 radical (unpaired) electrons. The van der Waals surface area contributed by atoms with Crippen molar-refractivity contribution in [1.82, 2.24) is 9.21 Å². The van der Waals surface area contributed by atoms with E-state index in [1.54, 1.807) is 6.07 Å². The van der Waals surface area contributed by atoms with Crippen LogP contribution >= 0.6 is 0 Å². The molecule has 8 nitrogen and oxygen atoms in total. The number of hydrogen-bond donors (Lipinski definition) is 1. The lowest BCUT2D eigenvalue weighted by molar-refractivity contribution is -0.117. The highest BCUT2D eigenvalue weighted by Gasteiger charge is 2.28. The molecule has 9 heteroatoms. The first-order valence-electron chi connectivity index (χ1n) is 11.3. The molecule has 0 aliphatic carbocycles. The Balaban J connectivity index is 1.51. The number of rotatable bonds is 7. The van der Waals surface area contributed by atoms with Gasteiger partial charge in [0, 0.05) is 26.2 Å². The first-order chi connectivity index (χ1) is 15.8. The summed E-state index contributed by atoms with van der Waals surface area (Å²) >= 11 is 0. The van der Waals surface area contributed by atoms with Gasteiger partial charge in [-0.05, 0) is 49.6 Å². The standard InChI is InChI=1S/C24H31N3O5S/c1-18(2)32-23-8-7-21(33(29,30)27-11-13-31-14-12-27)15-22(23)25-24(28)17-26-10-9-19-5-3-4-6-20(19)16-26/h3-8,15,18H,9-14,16-17H2,1-2H3,(H,25,28). The number of fused-ring (bicyclic) bond motifs is 1. The molecule has 1 amide bonds. The number of carbonyl (C=O) groups is 1. The molecular formula is C24H31N3O5S. The monoisotopic (exact) mass is 473 g/mol. The smallest absolute Gasteiger partial charge is 0.243 e. The van der Waals surface area contributed by atoms with Crippen molar-refractivity contribution in [3.63, 3.8) is 0 Å². The zero-order chi connectivity index (χ0) is 23.4. The lowest BCUT2D eigenvalue weighted by Crippen LogP contribution is -2.40. The van der Waals surface area contributed by atoms with Crippen molar-refractivity contribution in [2.45, 2.75) is 37.8 Å². The van der Waals surface area contributed by atoms with Gasteiger partial charge in [-0.25, -0.2) is 8.42 Å². The highest BCUT2D eigenvalue weighted by atomic mass is 32.2. The highest BCUT2D eigenvalue weighted by molar-refractivity contribution is 7.89. The third-order valence-corrected chi connectivity index (χ3v) is 7.67. The van der Waals surface area contributed by atoms with Crippen LogP contribution in [0, 0.1) is 0 Å². The Morgan fingerprint density at radius 1 is 1.09 bits per heavy atom. The van der Waals surface area contributed by atoms with Gasteiger partial charge in [-0.2, -0.15) is 4.31 Å². The Morgan fingerprint density at radius 3 is 2.55 bits per heavy atom. The van der Waals surface area contributed by atoms with E-state index in [0.29, 0.717) is 44.3 Å². The van der Waals surface area contributed by atoms with E-state index in [-0.39, 0.29) is 23.5 Å². The SMILES string of the molecule is CC(C)Oc1ccc(S(=O)(=O)N2CCOCC2)cc1NC(=O)CN1CCc2ccccc2C1. The van der Waals surface area contributed by atoms with Crippen molar-refractivity contribution in [2.24, 2.45) is 0 Å². The Morgan fingerprint density at radius 2 is 1.82 bits per heavy atom. The van der Waals surface area contributed by atoms with E-state index in [4.69, 9.17) is 9.47 Å².